The summed E-state index contributed by atoms with van der Waals surface area (Å²) in [7, 11) is 0. The highest BCUT2D eigenvalue weighted by atomic mass is 19.4. The molecule has 1 amide bonds. The van der Waals surface area contributed by atoms with E-state index in [1.54, 1.807) is 0 Å². The summed E-state index contributed by atoms with van der Waals surface area (Å²) in [5.41, 5.74) is 1.78. The molecule has 2 aliphatic rings. The minimum atomic E-state index is -4.66. The van der Waals surface area contributed by atoms with Crippen molar-refractivity contribution in [3.63, 3.8) is 0 Å². The molecule has 4 heterocycles. The number of carbonyl (C=O) groups excluding carboxylic acids is 1. The molecule has 0 radical (unpaired) electrons. The van der Waals surface area contributed by atoms with E-state index in [0.717, 1.165) is 15.3 Å². The number of fused-ring (bicyclic) bond motifs is 3. The molecule has 4 rings (SSSR count). The predicted octanol–water partition coefficient (Wildman–Crippen LogP) is -0.297. The van der Waals surface area contributed by atoms with Crippen molar-refractivity contribution in [1.29, 1.82) is 0 Å². The summed E-state index contributed by atoms with van der Waals surface area (Å²) in [4.78, 5) is 25.2. The first-order chi connectivity index (χ1) is 11.3. The van der Waals surface area contributed by atoms with Gasteiger partial charge in [-0.3, -0.25) is 14.3 Å². The van der Waals surface area contributed by atoms with E-state index >= 15 is 0 Å². The summed E-state index contributed by atoms with van der Waals surface area (Å²) < 4.78 is 40.9. The van der Waals surface area contributed by atoms with Crippen molar-refractivity contribution in [3.8, 4) is 5.75 Å². The van der Waals surface area contributed by atoms with Gasteiger partial charge in [0, 0.05) is 12.3 Å². The third kappa shape index (κ3) is 1.88. The fourth-order valence-corrected chi connectivity index (χ4v) is 2.85. The lowest BCUT2D eigenvalue weighted by molar-refractivity contribution is -0.148. The number of pyridine rings is 1. The second kappa shape index (κ2) is 4.49. The predicted molar refractivity (Wildman–Crippen MR) is 70.4 cm³/mol. The van der Waals surface area contributed by atoms with Crippen molar-refractivity contribution >= 4 is 5.91 Å². The van der Waals surface area contributed by atoms with Gasteiger partial charge in [0.1, 0.15) is 6.17 Å². The van der Waals surface area contributed by atoms with Crippen molar-refractivity contribution < 1.29 is 23.1 Å². The van der Waals surface area contributed by atoms with Crippen LogP contribution in [0.25, 0.3) is 0 Å². The van der Waals surface area contributed by atoms with Crippen molar-refractivity contribution in [2.45, 2.75) is 25.4 Å². The van der Waals surface area contributed by atoms with Crippen molar-refractivity contribution in [2.24, 2.45) is 0 Å². The summed E-state index contributed by atoms with van der Waals surface area (Å²) in [6, 6.07) is 1.04. The number of aromatic nitrogens is 4. The molecule has 0 bridgehead atoms. The molecule has 0 fully saturated rings. The molecule has 0 saturated heterocycles. The number of halogens is 3. The number of hydrogen-bond acceptors (Lipinski definition) is 6. The fourth-order valence-electron chi connectivity index (χ4n) is 2.85. The maximum atomic E-state index is 12.9. The van der Waals surface area contributed by atoms with Gasteiger partial charge in [0.2, 0.25) is 11.3 Å². The molecule has 0 spiro atoms. The van der Waals surface area contributed by atoms with Crippen LogP contribution in [0.15, 0.2) is 17.1 Å². The number of rotatable bonds is 0. The largest absolute Gasteiger partial charge is 0.502 e. The summed E-state index contributed by atoms with van der Waals surface area (Å²) in [5, 5.41) is 16.4. The van der Waals surface area contributed by atoms with Gasteiger partial charge in [-0.2, -0.15) is 13.2 Å². The maximum Gasteiger partial charge on any atom is 0.451 e. The van der Waals surface area contributed by atoms with Crippen molar-refractivity contribution in [3.05, 3.63) is 39.8 Å². The van der Waals surface area contributed by atoms with Crippen LogP contribution < -0.4 is 10.9 Å². The molecule has 0 aliphatic carbocycles. The van der Waals surface area contributed by atoms with E-state index in [9.17, 15) is 27.9 Å². The first-order valence-corrected chi connectivity index (χ1v) is 6.79. The van der Waals surface area contributed by atoms with Crippen LogP contribution >= 0.6 is 0 Å². The highest BCUT2D eigenvalue weighted by Gasteiger charge is 2.44. The Bertz CT molecular complexity index is 918. The first-order valence-electron chi connectivity index (χ1n) is 6.79. The van der Waals surface area contributed by atoms with Crippen LogP contribution in [0.5, 0.6) is 5.75 Å². The fraction of sp³-hybridized carbons (Fsp3) is 0.333. The van der Waals surface area contributed by atoms with Crippen LogP contribution in [0, 0.1) is 0 Å². The van der Waals surface area contributed by atoms with Crippen LogP contribution in [-0.4, -0.2) is 41.5 Å². The Labute approximate surface area is 130 Å². The van der Waals surface area contributed by atoms with Gasteiger partial charge in [0.25, 0.3) is 5.91 Å². The van der Waals surface area contributed by atoms with E-state index in [-0.39, 0.29) is 24.6 Å². The molecule has 126 valence electrons. The van der Waals surface area contributed by atoms with Gasteiger partial charge in [-0.05, 0) is 0 Å². The lowest BCUT2D eigenvalue weighted by Crippen LogP contribution is -2.57. The molecule has 24 heavy (non-hydrogen) atoms. The lowest BCUT2D eigenvalue weighted by Gasteiger charge is -2.41. The zero-order valence-corrected chi connectivity index (χ0v) is 11.8. The highest BCUT2D eigenvalue weighted by Crippen LogP contribution is 2.32. The Morgan fingerprint density at radius 2 is 2.04 bits per heavy atom. The summed E-state index contributed by atoms with van der Waals surface area (Å²) in [5.74, 6) is -2.58. The second-order valence-electron chi connectivity index (χ2n) is 5.37. The molecule has 2 aliphatic heterocycles. The summed E-state index contributed by atoms with van der Waals surface area (Å²) in [6.07, 6.45) is -4.23. The molecule has 9 nitrogen and oxygen atoms in total. The minimum absolute atomic E-state index is 0.0278. The number of amides is 1. The Balaban J connectivity index is 1.78. The van der Waals surface area contributed by atoms with Crippen LogP contribution in [0.2, 0.25) is 0 Å². The lowest BCUT2D eigenvalue weighted by atomic mass is 10.2. The van der Waals surface area contributed by atoms with E-state index < -0.39 is 35.3 Å². The standard InChI is InChI=1S/C12H9F3N6O3/c13-12(14,15)11-17-16-6-3-19-7(4-20(6)11)18-21-2-1-5(22)9(23)8(21)10(19)24/h1-2,7,18,23H,3-4H2/t7-/m0/s1. The molecule has 2 N–H and O–H groups in total. The summed E-state index contributed by atoms with van der Waals surface area (Å²) >= 11 is 0. The average molecular weight is 342 g/mol. The third-order valence-corrected chi connectivity index (χ3v) is 3.95. The quantitative estimate of drug-likeness (QED) is 0.681. The van der Waals surface area contributed by atoms with Crippen LogP contribution in [-0.2, 0) is 19.3 Å². The molecule has 1 atom stereocenters. The number of carbonyl (C=O) groups is 1. The van der Waals surface area contributed by atoms with Crippen LogP contribution in [0.4, 0.5) is 13.2 Å². The van der Waals surface area contributed by atoms with Gasteiger partial charge >= 0.3 is 6.18 Å². The number of aromatic hydroxyl groups is 1. The van der Waals surface area contributed by atoms with Gasteiger partial charge in [-0.15, -0.1) is 10.2 Å². The van der Waals surface area contributed by atoms with E-state index in [1.807, 2.05) is 0 Å². The van der Waals surface area contributed by atoms with Gasteiger partial charge in [0.15, 0.2) is 17.3 Å². The normalized spacial score (nSPS) is 19.4. The van der Waals surface area contributed by atoms with E-state index in [1.165, 1.54) is 11.1 Å². The number of alkyl halides is 3. The Kier molecular flexibility index (Phi) is 2.72. The van der Waals surface area contributed by atoms with Crippen molar-refractivity contribution in [1.82, 2.24) is 24.3 Å². The maximum absolute atomic E-state index is 12.9. The van der Waals surface area contributed by atoms with Gasteiger partial charge in [-0.1, -0.05) is 0 Å². The van der Waals surface area contributed by atoms with E-state index in [0.29, 0.717) is 0 Å². The molecule has 2 aromatic rings. The smallest absolute Gasteiger partial charge is 0.451 e. The molecule has 0 aromatic carbocycles. The monoisotopic (exact) mass is 342 g/mol. The van der Waals surface area contributed by atoms with Crippen LogP contribution in [0.1, 0.15) is 22.1 Å². The summed E-state index contributed by atoms with van der Waals surface area (Å²) in [6.45, 7) is -0.461. The molecular weight excluding hydrogens is 333 g/mol. The second-order valence-corrected chi connectivity index (χ2v) is 5.37. The van der Waals surface area contributed by atoms with Crippen molar-refractivity contribution in [2.75, 3.05) is 5.43 Å². The highest BCUT2D eigenvalue weighted by molar-refractivity contribution is 5.96. The number of nitrogens with one attached hydrogen (secondary N) is 1. The first kappa shape index (κ1) is 14.5. The molecule has 12 heteroatoms. The zero-order valence-electron chi connectivity index (χ0n) is 11.8. The van der Waals surface area contributed by atoms with E-state index in [2.05, 4.69) is 15.6 Å². The SMILES string of the molecule is O=C1c2c(O)c(=O)ccn2N[C@@H]2Cn3c(nnc3C(F)(F)F)CN12. The topological polar surface area (TPSA) is 105 Å². The van der Waals surface area contributed by atoms with Gasteiger partial charge in [-0.25, -0.2) is 0 Å². The van der Waals surface area contributed by atoms with Crippen LogP contribution in [0.3, 0.4) is 0 Å². The molecule has 0 saturated carbocycles. The van der Waals surface area contributed by atoms with Gasteiger partial charge in [0.05, 0.1) is 13.1 Å². The molecular formula is C12H9F3N6O3. The molecule has 0 unspecified atom stereocenters. The van der Waals surface area contributed by atoms with E-state index in [4.69, 9.17) is 0 Å². The number of nitrogens with zero attached hydrogens (tertiary/aromatic N) is 5. The molecule has 2 aromatic heterocycles. The number of hydrogen-bond donors (Lipinski definition) is 2. The third-order valence-electron chi connectivity index (χ3n) is 3.95. The average Bonchev–Trinajstić information content (AvgIpc) is 2.92. The Hall–Kier alpha value is -3.05. The van der Waals surface area contributed by atoms with Gasteiger partial charge < -0.3 is 20.0 Å². The zero-order chi connectivity index (χ0) is 17.2. The minimum Gasteiger partial charge on any atom is -0.502 e. The Morgan fingerprint density at radius 3 is 2.75 bits per heavy atom. The Morgan fingerprint density at radius 1 is 1.29 bits per heavy atom.